The molecule has 0 aliphatic heterocycles. The number of nitrogens with one attached hydrogen (secondary N) is 2. The number of aryl methyl sites for hydroxylation is 1. The molecule has 1 heterocycles. The highest BCUT2D eigenvalue weighted by Crippen LogP contribution is 2.23. The van der Waals surface area contributed by atoms with Crippen molar-refractivity contribution >= 4 is 21.6 Å². The molecule has 0 unspecified atom stereocenters. The van der Waals surface area contributed by atoms with Crippen molar-refractivity contribution in [1.29, 1.82) is 0 Å². The smallest absolute Gasteiger partial charge is 0.255 e. The van der Waals surface area contributed by atoms with Crippen molar-refractivity contribution in [2.24, 2.45) is 0 Å². The molecule has 0 bridgehead atoms. The highest BCUT2D eigenvalue weighted by atomic mass is 32.2. The van der Waals surface area contributed by atoms with Crippen molar-refractivity contribution < 1.29 is 13.2 Å². The lowest BCUT2D eigenvalue weighted by atomic mass is 9.87. The standard InChI is InChI=1S/C24H27N3O3S/c1-17-5-12-21(16-25-17)27-23(28)19-8-6-18(7-9-19)15-26-31(29,30)22-13-10-20(11-14-22)24(2,3)4/h5-14,16,26H,15H2,1-4H3,(H,27,28). The molecular formula is C24H27N3O3S. The van der Waals surface area contributed by atoms with Gasteiger partial charge in [0.25, 0.3) is 5.91 Å². The molecule has 1 aromatic heterocycles. The Labute approximate surface area is 183 Å². The molecule has 7 heteroatoms. The van der Waals surface area contributed by atoms with Crippen LogP contribution in [-0.2, 0) is 22.0 Å². The van der Waals surface area contributed by atoms with Gasteiger partial charge >= 0.3 is 0 Å². The van der Waals surface area contributed by atoms with Gasteiger partial charge in [-0.25, -0.2) is 13.1 Å². The number of amides is 1. The number of aromatic nitrogens is 1. The van der Waals surface area contributed by atoms with E-state index >= 15 is 0 Å². The lowest BCUT2D eigenvalue weighted by Crippen LogP contribution is -2.23. The Morgan fingerprint density at radius 2 is 1.58 bits per heavy atom. The van der Waals surface area contributed by atoms with Crippen molar-refractivity contribution in [3.05, 3.63) is 89.2 Å². The largest absolute Gasteiger partial charge is 0.321 e. The van der Waals surface area contributed by atoms with E-state index in [9.17, 15) is 13.2 Å². The Bertz CT molecular complexity index is 1150. The molecule has 0 radical (unpaired) electrons. The van der Waals surface area contributed by atoms with Crippen LogP contribution < -0.4 is 10.0 Å². The maximum absolute atomic E-state index is 12.6. The average Bonchev–Trinajstić information content (AvgIpc) is 2.74. The highest BCUT2D eigenvalue weighted by Gasteiger charge is 2.17. The minimum atomic E-state index is -3.63. The number of anilines is 1. The fraction of sp³-hybridized carbons (Fsp3) is 0.250. The second-order valence-corrected chi connectivity index (χ2v) is 10.2. The summed E-state index contributed by atoms with van der Waals surface area (Å²) >= 11 is 0. The Kier molecular flexibility index (Phi) is 6.57. The average molecular weight is 438 g/mol. The number of pyridine rings is 1. The summed E-state index contributed by atoms with van der Waals surface area (Å²) in [4.78, 5) is 16.7. The Morgan fingerprint density at radius 1 is 0.935 bits per heavy atom. The van der Waals surface area contributed by atoms with Gasteiger partial charge in [-0.05, 0) is 59.9 Å². The predicted molar refractivity (Wildman–Crippen MR) is 123 cm³/mol. The number of benzene rings is 2. The number of hydrogen-bond donors (Lipinski definition) is 2. The molecule has 6 nitrogen and oxygen atoms in total. The molecule has 0 spiro atoms. The molecular weight excluding hydrogens is 410 g/mol. The lowest BCUT2D eigenvalue weighted by Gasteiger charge is -2.19. The third-order valence-corrected chi connectivity index (χ3v) is 6.30. The van der Waals surface area contributed by atoms with Gasteiger partial charge in [-0.2, -0.15) is 0 Å². The van der Waals surface area contributed by atoms with Gasteiger partial charge in [0, 0.05) is 17.8 Å². The molecule has 0 aliphatic rings. The number of carbonyl (C=O) groups excluding carboxylic acids is 1. The fourth-order valence-electron chi connectivity index (χ4n) is 2.91. The van der Waals surface area contributed by atoms with Crippen LogP contribution in [0.4, 0.5) is 5.69 Å². The van der Waals surface area contributed by atoms with E-state index in [1.807, 2.05) is 25.1 Å². The Balaban J connectivity index is 1.61. The Morgan fingerprint density at radius 3 is 2.13 bits per heavy atom. The summed E-state index contributed by atoms with van der Waals surface area (Å²) in [5, 5.41) is 2.78. The predicted octanol–water partition coefficient (Wildman–Crippen LogP) is 4.42. The first-order chi connectivity index (χ1) is 14.5. The number of carbonyl (C=O) groups is 1. The molecule has 2 aromatic carbocycles. The van der Waals surface area contributed by atoms with Gasteiger partial charge < -0.3 is 5.32 Å². The third kappa shape index (κ3) is 5.99. The third-order valence-electron chi connectivity index (χ3n) is 4.88. The van der Waals surface area contributed by atoms with Crippen LogP contribution in [0.3, 0.4) is 0 Å². The van der Waals surface area contributed by atoms with Crippen LogP contribution >= 0.6 is 0 Å². The van der Waals surface area contributed by atoms with Crippen LogP contribution in [0.2, 0.25) is 0 Å². The molecule has 0 saturated carbocycles. The van der Waals surface area contributed by atoms with Crippen LogP contribution in [0.25, 0.3) is 0 Å². The number of sulfonamides is 1. The van der Waals surface area contributed by atoms with E-state index in [4.69, 9.17) is 0 Å². The summed E-state index contributed by atoms with van der Waals surface area (Å²) in [5.74, 6) is -0.253. The van der Waals surface area contributed by atoms with Crippen molar-refractivity contribution in [3.8, 4) is 0 Å². The van der Waals surface area contributed by atoms with E-state index in [0.29, 0.717) is 11.3 Å². The molecule has 0 saturated heterocycles. The van der Waals surface area contributed by atoms with Crippen molar-refractivity contribution in [2.45, 2.75) is 44.6 Å². The van der Waals surface area contributed by atoms with E-state index in [-0.39, 0.29) is 22.8 Å². The molecule has 3 aromatic rings. The van der Waals surface area contributed by atoms with Gasteiger partial charge in [-0.1, -0.05) is 45.0 Å². The van der Waals surface area contributed by atoms with Crippen LogP contribution in [0.15, 0.2) is 71.8 Å². The summed E-state index contributed by atoms with van der Waals surface area (Å²) < 4.78 is 27.8. The Hall–Kier alpha value is -3.03. The van der Waals surface area contributed by atoms with Gasteiger partial charge in [0.05, 0.1) is 16.8 Å². The first-order valence-electron chi connectivity index (χ1n) is 9.98. The normalized spacial score (nSPS) is 11.9. The highest BCUT2D eigenvalue weighted by molar-refractivity contribution is 7.89. The molecule has 1 amide bonds. The molecule has 0 fully saturated rings. The van der Waals surface area contributed by atoms with E-state index in [1.165, 1.54) is 0 Å². The summed E-state index contributed by atoms with van der Waals surface area (Å²) in [7, 11) is -3.63. The molecule has 2 N–H and O–H groups in total. The van der Waals surface area contributed by atoms with Crippen molar-refractivity contribution in [3.63, 3.8) is 0 Å². The van der Waals surface area contributed by atoms with E-state index in [2.05, 4.69) is 35.8 Å². The molecule has 31 heavy (non-hydrogen) atoms. The number of rotatable bonds is 6. The SMILES string of the molecule is Cc1ccc(NC(=O)c2ccc(CNS(=O)(=O)c3ccc(C(C)(C)C)cc3)cc2)cn1. The number of nitrogens with zero attached hydrogens (tertiary/aromatic N) is 1. The number of hydrogen-bond acceptors (Lipinski definition) is 4. The summed E-state index contributed by atoms with van der Waals surface area (Å²) in [6.45, 7) is 8.25. The van der Waals surface area contributed by atoms with Crippen LogP contribution in [0.5, 0.6) is 0 Å². The fourth-order valence-corrected chi connectivity index (χ4v) is 3.93. The minimum absolute atomic E-state index is 0.0419. The zero-order valence-electron chi connectivity index (χ0n) is 18.1. The maximum Gasteiger partial charge on any atom is 0.255 e. The van der Waals surface area contributed by atoms with Gasteiger partial charge in [0.2, 0.25) is 10.0 Å². The van der Waals surface area contributed by atoms with Gasteiger partial charge in [-0.15, -0.1) is 0 Å². The molecule has 0 aliphatic carbocycles. The lowest BCUT2D eigenvalue weighted by molar-refractivity contribution is 0.102. The first kappa shape index (κ1) is 22.7. The topological polar surface area (TPSA) is 88.2 Å². The van der Waals surface area contributed by atoms with Crippen LogP contribution in [0.1, 0.15) is 48.0 Å². The van der Waals surface area contributed by atoms with E-state index < -0.39 is 10.0 Å². The summed E-state index contributed by atoms with van der Waals surface area (Å²) in [5.41, 5.74) is 3.75. The van der Waals surface area contributed by atoms with Gasteiger partial charge in [-0.3, -0.25) is 9.78 Å². The minimum Gasteiger partial charge on any atom is -0.321 e. The van der Waals surface area contributed by atoms with Crippen molar-refractivity contribution in [1.82, 2.24) is 9.71 Å². The molecule has 162 valence electrons. The summed E-state index contributed by atoms with van der Waals surface area (Å²) in [6.07, 6.45) is 1.60. The van der Waals surface area contributed by atoms with E-state index in [0.717, 1.165) is 16.8 Å². The van der Waals surface area contributed by atoms with Gasteiger partial charge in [0.1, 0.15) is 0 Å². The van der Waals surface area contributed by atoms with Crippen molar-refractivity contribution in [2.75, 3.05) is 5.32 Å². The molecule has 3 rings (SSSR count). The first-order valence-corrected chi connectivity index (χ1v) is 11.5. The monoisotopic (exact) mass is 437 g/mol. The maximum atomic E-state index is 12.6. The quantitative estimate of drug-likeness (QED) is 0.598. The second kappa shape index (κ2) is 8.99. The molecule has 0 atom stereocenters. The summed E-state index contributed by atoms with van der Waals surface area (Å²) in [6, 6.07) is 17.3. The second-order valence-electron chi connectivity index (χ2n) is 8.44. The zero-order valence-corrected chi connectivity index (χ0v) is 19.0. The van der Waals surface area contributed by atoms with Gasteiger partial charge in [0.15, 0.2) is 0 Å². The zero-order chi connectivity index (χ0) is 22.6. The van der Waals surface area contributed by atoms with E-state index in [1.54, 1.807) is 48.7 Å². The van der Waals surface area contributed by atoms with Crippen LogP contribution in [-0.4, -0.2) is 19.3 Å². The van der Waals surface area contributed by atoms with Crippen LogP contribution in [0, 0.1) is 6.92 Å².